The molecule has 3 heteroatoms. The minimum atomic E-state index is 0.470. The van der Waals surface area contributed by atoms with Crippen molar-refractivity contribution in [1.82, 2.24) is 5.32 Å². The Balaban J connectivity index is 1.74. The molecular formula is C14H20N2O. The molecule has 1 fully saturated rings. The van der Waals surface area contributed by atoms with Crippen molar-refractivity contribution >= 4 is 5.69 Å². The Morgan fingerprint density at radius 3 is 3.12 bits per heavy atom. The van der Waals surface area contributed by atoms with E-state index in [9.17, 15) is 0 Å². The first-order valence-corrected chi connectivity index (χ1v) is 6.50. The number of fused-ring (bicyclic) bond motifs is 1. The topological polar surface area (TPSA) is 24.5 Å². The van der Waals surface area contributed by atoms with E-state index in [1.165, 1.54) is 17.7 Å². The maximum Gasteiger partial charge on any atom is 0.0637 e. The number of hydrogen-bond donors (Lipinski definition) is 1. The van der Waals surface area contributed by atoms with Crippen molar-refractivity contribution in [2.45, 2.75) is 25.4 Å². The standard InChI is InChI=1S/C14H20N2O/c1-11-8-12-4-2-3-5-14(12)16(11)9-13-10-17-7-6-15-13/h2-5,11,13,15H,6-10H2,1H3. The Bertz CT molecular complexity index is 388. The third-order valence-electron chi connectivity index (χ3n) is 3.76. The van der Waals surface area contributed by atoms with Crippen molar-refractivity contribution in [3.8, 4) is 0 Å². The second kappa shape index (κ2) is 4.67. The SMILES string of the molecule is CC1Cc2ccccc2N1CC1COCCN1. The average Bonchev–Trinajstić information content (AvgIpc) is 2.68. The van der Waals surface area contributed by atoms with Gasteiger partial charge in [0.2, 0.25) is 0 Å². The minimum absolute atomic E-state index is 0.470. The molecule has 0 amide bonds. The Hall–Kier alpha value is -1.06. The number of ether oxygens (including phenoxy) is 1. The summed E-state index contributed by atoms with van der Waals surface area (Å²) in [5.41, 5.74) is 2.89. The number of anilines is 1. The molecule has 3 rings (SSSR count). The molecule has 2 atom stereocenters. The van der Waals surface area contributed by atoms with Crippen LogP contribution in [0.5, 0.6) is 0 Å². The van der Waals surface area contributed by atoms with Crippen molar-refractivity contribution in [3.63, 3.8) is 0 Å². The molecular weight excluding hydrogens is 212 g/mol. The number of rotatable bonds is 2. The molecule has 1 N–H and O–H groups in total. The first kappa shape index (κ1) is 11.1. The molecule has 17 heavy (non-hydrogen) atoms. The van der Waals surface area contributed by atoms with E-state index in [-0.39, 0.29) is 0 Å². The molecule has 0 radical (unpaired) electrons. The summed E-state index contributed by atoms with van der Waals surface area (Å²) in [7, 11) is 0. The molecule has 0 aliphatic carbocycles. The van der Waals surface area contributed by atoms with Gasteiger partial charge in [0.15, 0.2) is 0 Å². The van der Waals surface area contributed by atoms with Crippen LogP contribution in [0.1, 0.15) is 12.5 Å². The van der Waals surface area contributed by atoms with Crippen LogP contribution in [0.2, 0.25) is 0 Å². The van der Waals surface area contributed by atoms with Gasteiger partial charge in [0.05, 0.1) is 13.2 Å². The summed E-state index contributed by atoms with van der Waals surface area (Å²) in [6.45, 7) is 6.03. The fourth-order valence-corrected chi connectivity index (χ4v) is 2.88. The van der Waals surface area contributed by atoms with Gasteiger partial charge >= 0.3 is 0 Å². The van der Waals surface area contributed by atoms with Crippen LogP contribution >= 0.6 is 0 Å². The zero-order valence-corrected chi connectivity index (χ0v) is 10.4. The summed E-state index contributed by atoms with van der Waals surface area (Å²) in [6, 6.07) is 9.83. The van der Waals surface area contributed by atoms with Crippen molar-refractivity contribution in [2.24, 2.45) is 0 Å². The summed E-state index contributed by atoms with van der Waals surface area (Å²) in [5, 5.41) is 3.53. The van der Waals surface area contributed by atoms with E-state index in [1.807, 2.05) is 0 Å². The Kier molecular flexibility index (Phi) is 3.04. The lowest BCUT2D eigenvalue weighted by Gasteiger charge is -2.32. The lowest BCUT2D eigenvalue weighted by Crippen LogP contribution is -2.49. The normalized spacial score (nSPS) is 28.2. The summed E-state index contributed by atoms with van der Waals surface area (Å²) in [6.07, 6.45) is 1.17. The van der Waals surface area contributed by atoms with Gasteiger partial charge in [-0.1, -0.05) is 18.2 Å². The monoisotopic (exact) mass is 232 g/mol. The Labute approximate surface area is 103 Å². The zero-order valence-electron chi connectivity index (χ0n) is 10.4. The van der Waals surface area contributed by atoms with Gasteiger partial charge in [-0.05, 0) is 25.0 Å². The number of nitrogens with one attached hydrogen (secondary N) is 1. The van der Waals surface area contributed by atoms with Gasteiger partial charge in [0.25, 0.3) is 0 Å². The van der Waals surface area contributed by atoms with E-state index >= 15 is 0 Å². The molecule has 1 saturated heterocycles. The maximum atomic E-state index is 5.53. The summed E-state index contributed by atoms with van der Waals surface area (Å²) >= 11 is 0. The van der Waals surface area contributed by atoms with Gasteiger partial charge < -0.3 is 15.0 Å². The fraction of sp³-hybridized carbons (Fsp3) is 0.571. The van der Waals surface area contributed by atoms with Gasteiger partial charge in [-0.2, -0.15) is 0 Å². The van der Waals surface area contributed by atoms with Gasteiger partial charge in [-0.15, -0.1) is 0 Å². The largest absolute Gasteiger partial charge is 0.378 e. The third-order valence-corrected chi connectivity index (χ3v) is 3.76. The van der Waals surface area contributed by atoms with E-state index in [4.69, 9.17) is 4.74 Å². The number of morpholine rings is 1. The number of hydrogen-bond acceptors (Lipinski definition) is 3. The van der Waals surface area contributed by atoms with E-state index in [2.05, 4.69) is 41.4 Å². The fourth-order valence-electron chi connectivity index (χ4n) is 2.88. The van der Waals surface area contributed by atoms with E-state index < -0.39 is 0 Å². The molecule has 1 aromatic rings. The summed E-state index contributed by atoms with van der Waals surface area (Å²) in [4.78, 5) is 2.52. The molecule has 2 aliphatic heterocycles. The number of benzene rings is 1. The highest BCUT2D eigenvalue weighted by Gasteiger charge is 2.28. The van der Waals surface area contributed by atoms with Crippen molar-refractivity contribution < 1.29 is 4.74 Å². The van der Waals surface area contributed by atoms with Crippen molar-refractivity contribution in [2.75, 3.05) is 31.2 Å². The van der Waals surface area contributed by atoms with E-state index in [0.29, 0.717) is 12.1 Å². The van der Waals surface area contributed by atoms with Crippen LogP contribution in [0.25, 0.3) is 0 Å². The van der Waals surface area contributed by atoms with Crippen LogP contribution in [0.3, 0.4) is 0 Å². The average molecular weight is 232 g/mol. The van der Waals surface area contributed by atoms with E-state index in [1.54, 1.807) is 0 Å². The quantitative estimate of drug-likeness (QED) is 0.835. The van der Waals surface area contributed by atoms with Gasteiger partial charge in [-0.3, -0.25) is 0 Å². The lowest BCUT2D eigenvalue weighted by atomic mass is 10.1. The van der Waals surface area contributed by atoms with Crippen LogP contribution in [0.4, 0.5) is 5.69 Å². The third kappa shape index (κ3) is 2.17. The van der Waals surface area contributed by atoms with Gasteiger partial charge in [0.1, 0.15) is 0 Å². The maximum absolute atomic E-state index is 5.53. The van der Waals surface area contributed by atoms with E-state index in [0.717, 1.165) is 26.3 Å². The van der Waals surface area contributed by atoms with Crippen molar-refractivity contribution in [1.29, 1.82) is 0 Å². The molecule has 2 unspecified atom stereocenters. The van der Waals surface area contributed by atoms with Gasteiger partial charge in [0, 0.05) is 30.9 Å². The summed E-state index contributed by atoms with van der Waals surface area (Å²) in [5.74, 6) is 0. The van der Waals surface area contributed by atoms with Crippen LogP contribution in [0.15, 0.2) is 24.3 Å². The predicted octanol–water partition coefficient (Wildman–Crippen LogP) is 1.43. The molecule has 0 aromatic heterocycles. The highest BCUT2D eigenvalue weighted by Crippen LogP contribution is 2.31. The molecule has 0 bridgehead atoms. The minimum Gasteiger partial charge on any atom is -0.378 e. The molecule has 0 spiro atoms. The molecule has 92 valence electrons. The number of nitrogens with zero attached hydrogens (tertiary/aromatic N) is 1. The molecule has 3 nitrogen and oxygen atoms in total. The summed E-state index contributed by atoms with van der Waals surface area (Å²) < 4.78 is 5.53. The highest BCUT2D eigenvalue weighted by atomic mass is 16.5. The zero-order chi connectivity index (χ0) is 11.7. The van der Waals surface area contributed by atoms with Gasteiger partial charge in [-0.25, -0.2) is 0 Å². The lowest BCUT2D eigenvalue weighted by molar-refractivity contribution is 0.0784. The van der Waals surface area contributed by atoms with Crippen molar-refractivity contribution in [3.05, 3.63) is 29.8 Å². The second-order valence-corrected chi connectivity index (χ2v) is 5.06. The highest BCUT2D eigenvalue weighted by molar-refractivity contribution is 5.59. The molecule has 0 saturated carbocycles. The smallest absolute Gasteiger partial charge is 0.0637 e. The van der Waals surface area contributed by atoms with Crippen LogP contribution in [-0.4, -0.2) is 38.4 Å². The number of para-hydroxylation sites is 1. The molecule has 1 aromatic carbocycles. The first-order chi connectivity index (χ1) is 8.34. The van der Waals surface area contributed by atoms with Crippen LogP contribution < -0.4 is 10.2 Å². The van der Waals surface area contributed by atoms with Crippen LogP contribution in [-0.2, 0) is 11.2 Å². The Morgan fingerprint density at radius 2 is 2.29 bits per heavy atom. The van der Waals surface area contributed by atoms with Crippen LogP contribution in [0, 0.1) is 0 Å². The first-order valence-electron chi connectivity index (χ1n) is 6.50. The second-order valence-electron chi connectivity index (χ2n) is 5.06. The molecule has 2 heterocycles. The predicted molar refractivity (Wildman–Crippen MR) is 69.6 cm³/mol. The molecule has 2 aliphatic rings. The Morgan fingerprint density at radius 1 is 1.41 bits per heavy atom.